The van der Waals surface area contributed by atoms with Crippen LogP contribution in [0.15, 0.2) is 42.4 Å². The second-order valence-electron chi connectivity index (χ2n) is 12.6. The molecule has 3 heterocycles. The molecule has 240 valence electrons. The lowest BCUT2D eigenvalue weighted by molar-refractivity contribution is -0.110. The second-order valence-corrected chi connectivity index (χ2v) is 12.6. The van der Waals surface area contributed by atoms with Crippen LogP contribution in [0.2, 0.25) is 0 Å². The van der Waals surface area contributed by atoms with Gasteiger partial charge in [-0.2, -0.15) is 0 Å². The van der Waals surface area contributed by atoms with Gasteiger partial charge in [0.2, 0.25) is 6.41 Å². The van der Waals surface area contributed by atoms with Crippen LogP contribution in [-0.4, -0.2) is 65.9 Å². The maximum Gasteiger partial charge on any atom is 0.221 e. The number of carbonyl (C=O) groups is 1. The molecule has 2 aromatic heterocycles. The quantitative estimate of drug-likeness (QED) is 0.0964. The molecule has 3 N–H and O–H groups in total. The molecule has 1 aliphatic rings. The minimum Gasteiger partial charge on any atom is -0.396 e. The van der Waals surface area contributed by atoms with Crippen LogP contribution in [0.3, 0.4) is 0 Å². The summed E-state index contributed by atoms with van der Waals surface area (Å²) in [5, 5.41) is 11.4. The Morgan fingerprint density at radius 1 is 1.20 bits per heavy atom. The van der Waals surface area contributed by atoms with Gasteiger partial charge in [-0.1, -0.05) is 32.8 Å². The molecule has 0 saturated carbocycles. The summed E-state index contributed by atoms with van der Waals surface area (Å²) in [7, 11) is 1.70. The van der Waals surface area contributed by atoms with E-state index in [1.165, 1.54) is 0 Å². The summed E-state index contributed by atoms with van der Waals surface area (Å²) in [6, 6.07) is 10.4. The molecule has 1 atom stereocenters. The lowest BCUT2D eigenvalue weighted by Crippen LogP contribution is -2.32. The fourth-order valence-electron chi connectivity index (χ4n) is 6.27. The predicted molar refractivity (Wildman–Crippen MR) is 176 cm³/mol. The van der Waals surface area contributed by atoms with Crippen molar-refractivity contribution in [2.45, 2.75) is 78.9 Å². The number of aryl methyl sites for hydroxylation is 1. The number of carbonyl (C=O) groups excluding carboxylic acids is 1. The van der Waals surface area contributed by atoms with E-state index in [0.717, 1.165) is 96.4 Å². The zero-order chi connectivity index (χ0) is 31.7. The van der Waals surface area contributed by atoms with Crippen molar-refractivity contribution in [2.24, 2.45) is 5.41 Å². The fourth-order valence-corrected chi connectivity index (χ4v) is 6.27. The number of unbranched alkanes of at least 4 members (excludes halogenated alkanes) is 3. The summed E-state index contributed by atoms with van der Waals surface area (Å²) in [6.07, 6.45) is 7.59. The predicted octanol–water partition coefficient (Wildman–Crippen LogP) is 6.19. The number of aliphatic hydroxyl groups is 1. The number of fused-ring (bicyclic) bond motifs is 1. The van der Waals surface area contributed by atoms with Crippen molar-refractivity contribution >= 4 is 22.9 Å². The van der Waals surface area contributed by atoms with E-state index >= 15 is 4.39 Å². The van der Waals surface area contributed by atoms with Crippen LogP contribution < -0.4 is 10.9 Å². The Bertz CT molecular complexity index is 1430. The number of hydrogen-bond donors (Lipinski definition) is 3. The first kappa shape index (κ1) is 33.8. The molecule has 1 aromatic carbocycles. The van der Waals surface area contributed by atoms with Crippen molar-refractivity contribution in [2.75, 3.05) is 39.9 Å². The molecule has 1 unspecified atom stereocenters. The van der Waals surface area contributed by atoms with Crippen molar-refractivity contribution in [3.05, 3.63) is 59.2 Å². The molecule has 0 aliphatic carbocycles. The van der Waals surface area contributed by atoms with E-state index in [1.807, 2.05) is 13.0 Å². The van der Waals surface area contributed by atoms with Crippen LogP contribution in [-0.2, 0) is 22.5 Å². The molecular formula is C35H50FN5O3. The SMILES string of the molecule is CCn1c(-c2cccnc2C(C)OC)c(CC(C)(C)CO)c2cc(C3=C(F)CCN(CCCCCCNNC=O)C3)ccc21. The van der Waals surface area contributed by atoms with Gasteiger partial charge in [0.25, 0.3) is 0 Å². The number of amides is 1. The Balaban J connectivity index is 1.67. The van der Waals surface area contributed by atoms with Crippen LogP contribution in [0.5, 0.6) is 0 Å². The Labute approximate surface area is 261 Å². The zero-order valence-corrected chi connectivity index (χ0v) is 27.1. The Morgan fingerprint density at radius 2 is 2.00 bits per heavy atom. The van der Waals surface area contributed by atoms with Gasteiger partial charge in [-0.3, -0.25) is 20.1 Å². The third kappa shape index (κ3) is 7.93. The molecular weight excluding hydrogens is 557 g/mol. The largest absolute Gasteiger partial charge is 0.396 e. The average Bonchev–Trinajstić information content (AvgIpc) is 3.34. The highest BCUT2D eigenvalue weighted by atomic mass is 19.1. The minimum atomic E-state index is -0.347. The first-order valence-corrected chi connectivity index (χ1v) is 16.0. The molecule has 44 heavy (non-hydrogen) atoms. The number of aliphatic hydroxyl groups excluding tert-OH is 1. The molecule has 0 bridgehead atoms. The van der Waals surface area contributed by atoms with E-state index in [-0.39, 0.29) is 24.0 Å². The number of nitrogens with one attached hydrogen (secondary N) is 2. The number of hydrogen-bond acceptors (Lipinski definition) is 6. The highest BCUT2D eigenvalue weighted by Gasteiger charge is 2.28. The highest BCUT2D eigenvalue weighted by Crippen LogP contribution is 2.41. The van der Waals surface area contributed by atoms with E-state index < -0.39 is 0 Å². The molecule has 8 nitrogen and oxygen atoms in total. The molecule has 3 aromatic rings. The third-order valence-corrected chi connectivity index (χ3v) is 8.79. The molecule has 1 amide bonds. The monoisotopic (exact) mass is 607 g/mol. The summed E-state index contributed by atoms with van der Waals surface area (Å²) in [5.41, 5.74) is 11.9. The maximum atomic E-state index is 15.5. The number of pyridine rings is 1. The molecule has 4 rings (SSSR count). The van der Waals surface area contributed by atoms with Gasteiger partial charge >= 0.3 is 0 Å². The van der Waals surface area contributed by atoms with Gasteiger partial charge in [0.1, 0.15) is 5.83 Å². The number of methoxy groups -OCH3 is 1. The number of ether oxygens (including phenoxy) is 1. The lowest BCUT2D eigenvalue weighted by atomic mass is 9.84. The zero-order valence-electron chi connectivity index (χ0n) is 27.1. The van der Waals surface area contributed by atoms with Crippen molar-refractivity contribution in [3.63, 3.8) is 0 Å². The summed E-state index contributed by atoms with van der Waals surface area (Å²) in [6.45, 7) is 12.2. The number of nitrogens with zero attached hydrogens (tertiary/aromatic N) is 3. The Kier molecular flexibility index (Phi) is 12.1. The van der Waals surface area contributed by atoms with Crippen LogP contribution >= 0.6 is 0 Å². The van der Waals surface area contributed by atoms with Gasteiger partial charge in [-0.15, -0.1) is 0 Å². The van der Waals surface area contributed by atoms with Crippen LogP contribution in [0.25, 0.3) is 27.7 Å². The number of benzene rings is 1. The van der Waals surface area contributed by atoms with Crippen LogP contribution in [0, 0.1) is 5.41 Å². The van der Waals surface area contributed by atoms with Crippen LogP contribution in [0.4, 0.5) is 4.39 Å². The van der Waals surface area contributed by atoms with Gasteiger partial charge in [0, 0.05) is 74.6 Å². The van der Waals surface area contributed by atoms with Gasteiger partial charge < -0.3 is 14.4 Å². The van der Waals surface area contributed by atoms with Gasteiger partial charge in [0.15, 0.2) is 0 Å². The fraction of sp³-hybridized carbons (Fsp3) is 0.543. The summed E-state index contributed by atoms with van der Waals surface area (Å²) in [4.78, 5) is 17.4. The second kappa shape index (κ2) is 15.8. The Hall–Kier alpha value is -3.11. The van der Waals surface area contributed by atoms with Crippen molar-refractivity contribution in [3.8, 4) is 11.3 Å². The molecule has 0 radical (unpaired) electrons. The number of hydrazine groups is 1. The molecule has 0 fully saturated rings. The summed E-state index contributed by atoms with van der Waals surface area (Å²) < 4.78 is 23.5. The molecule has 1 aliphatic heterocycles. The maximum absolute atomic E-state index is 15.5. The van der Waals surface area contributed by atoms with Crippen molar-refractivity contribution < 1.29 is 19.0 Å². The van der Waals surface area contributed by atoms with E-state index in [4.69, 9.17) is 9.72 Å². The number of halogens is 1. The van der Waals surface area contributed by atoms with Crippen LogP contribution in [0.1, 0.15) is 82.7 Å². The lowest BCUT2D eigenvalue weighted by Gasteiger charge is -2.28. The minimum absolute atomic E-state index is 0.0230. The van der Waals surface area contributed by atoms with E-state index in [1.54, 1.807) is 13.3 Å². The summed E-state index contributed by atoms with van der Waals surface area (Å²) in [5.74, 6) is -0.0230. The topological polar surface area (TPSA) is 91.7 Å². The summed E-state index contributed by atoms with van der Waals surface area (Å²) >= 11 is 0. The number of aromatic nitrogens is 2. The Morgan fingerprint density at radius 3 is 2.73 bits per heavy atom. The third-order valence-electron chi connectivity index (χ3n) is 8.79. The average molecular weight is 608 g/mol. The standard InChI is InChI=1S/C35H50FN5O3/c1-6-41-32-14-13-26(30-22-40(19-15-31(30)36)18-10-8-7-9-17-38-39-24-43)20-28(32)29(21-35(3,4)23-42)34(41)27-12-11-16-37-33(27)25(2)44-5/h11-14,16,20,24-25,38,42H,6-10,15,17-19,21-23H2,1-5H3,(H,39,43). The van der Waals surface area contributed by atoms with E-state index in [9.17, 15) is 9.90 Å². The first-order chi connectivity index (χ1) is 21.2. The van der Waals surface area contributed by atoms with Crippen molar-refractivity contribution in [1.29, 1.82) is 0 Å². The van der Waals surface area contributed by atoms with Gasteiger partial charge in [0.05, 0.1) is 17.5 Å². The normalized spacial score (nSPS) is 15.2. The first-order valence-electron chi connectivity index (χ1n) is 16.0. The molecule has 9 heteroatoms. The van der Waals surface area contributed by atoms with E-state index in [2.05, 4.69) is 65.4 Å². The van der Waals surface area contributed by atoms with Gasteiger partial charge in [-0.25, -0.2) is 9.82 Å². The highest BCUT2D eigenvalue weighted by molar-refractivity contribution is 5.95. The van der Waals surface area contributed by atoms with Crippen molar-refractivity contribution in [1.82, 2.24) is 25.3 Å². The number of rotatable bonds is 17. The van der Waals surface area contributed by atoms with E-state index in [0.29, 0.717) is 25.8 Å². The molecule has 0 saturated heterocycles. The van der Waals surface area contributed by atoms with Gasteiger partial charge in [-0.05, 0) is 80.5 Å². The smallest absolute Gasteiger partial charge is 0.221 e. The molecule has 0 spiro atoms.